The summed E-state index contributed by atoms with van der Waals surface area (Å²) < 4.78 is 1.78. The molecule has 1 N–H and O–H groups in total. The summed E-state index contributed by atoms with van der Waals surface area (Å²) in [6.45, 7) is 2.58. The van der Waals surface area contributed by atoms with Crippen LogP contribution in [0.25, 0.3) is 11.0 Å². The van der Waals surface area contributed by atoms with Crippen molar-refractivity contribution in [2.24, 2.45) is 7.05 Å². The van der Waals surface area contributed by atoms with Crippen molar-refractivity contribution in [3.63, 3.8) is 0 Å². The molecule has 6 heteroatoms. The molecule has 0 amide bonds. The maximum Gasteiger partial charge on any atom is 0.157 e. The van der Waals surface area contributed by atoms with Crippen molar-refractivity contribution in [3.05, 3.63) is 51.8 Å². The molecule has 0 saturated heterocycles. The lowest BCUT2D eigenvalue weighted by Gasteiger charge is -2.10. The maximum atomic E-state index is 6.14. The fourth-order valence-electron chi connectivity index (χ4n) is 2.30. The lowest BCUT2D eigenvalue weighted by atomic mass is 10.2. The third-order valence-corrected chi connectivity index (χ3v) is 3.98. The van der Waals surface area contributed by atoms with Gasteiger partial charge in [0.1, 0.15) is 0 Å². The lowest BCUT2D eigenvalue weighted by Crippen LogP contribution is -2.01. The third-order valence-electron chi connectivity index (χ3n) is 3.35. The Hall–Kier alpha value is -1.78. The van der Waals surface area contributed by atoms with Gasteiger partial charge < -0.3 is 5.32 Å². The first-order valence-corrected chi connectivity index (χ1v) is 7.28. The van der Waals surface area contributed by atoms with Gasteiger partial charge in [-0.25, -0.2) is 4.98 Å². The Kier molecular flexibility index (Phi) is 3.74. The fraction of sp³-hybridized carbons (Fsp3) is 0.200. The van der Waals surface area contributed by atoms with Crippen LogP contribution in [0.2, 0.25) is 10.0 Å². The summed E-state index contributed by atoms with van der Waals surface area (Å²) in [4.78, 5) is 4.45. The number of halogens is 2. The van der Waals surface area contributed by atoms with E-state index in [1.165, 1.54) is 0 Å². The van der Waals surface area contributed by atoms with Crippen LogP contribution in [0.3, 0.4) is 0 Å². The normalized spacial score (nSPS) is 11.0. The van der Waals surface area contributed by atoms with E-state index in [-0.39, 0.29) is 0 Å². The summed E-state index contributed by atoms with van der Waals surface area (Å²) in [5, 5.41) is 9.90. The van der Waals surface area contributed by atoms with Gasteiger partial charge in [0.15, 0.2) is 5.65 Å². The van der Waals surface area contributed by atoms with Crippen molar-refractivity contribution in [2.45, 2.75) is 13.5 Å². The van der Waals surface area contributed by atoms with E-state index >= 15 is 0 Å². The van der Waals surface area contributed by atoms with Crippen LogP contribution in [-0.2, 0) is 13.6 Å². The highest BCUT2D eigenvalue weighted by Gasteiger charge is 2.08. The van der Waals surface area contributed by atoms with Crippen molar-refractivity contribution >= 4 is 39.9 Å². The first-order valence-electron chi connectivity index (χ1n) is 6.52. The highest BCUT2D eigenvalue weighted by molar-refractivity contribution is 6.39. The highest BCUT2D eigenvalue weighted by Crippen LogP contribution is 2.30. The molecule has 1 aromatic carbocycles. The van der Waals surface area contributed by atoms with E-state index in [1.807, 2.05) is 38.4 Å². The summed E-state index contributed by atoms with van der Waals surface area (Å²) in [7, 11) is 1.89. The first kappa shape index (κ1) is 14.2. The van der Waals surface area contributed by atoms with Crippen LogP contribution in [-0.4, -0.2) is 14.8 Å². The first-order chi connectivity index (χ1) is 10.1. The summed E-state index contributed by atoms with van der Waals surface area (Å²) in [6, 6.07) is 7.52. The van der Waals surface area contributed by atoms with E-state index in [0.29, 0.717) is 16.6 Å². The average molecular weight is 321 g/mol. The number of fused-ring (bicyclic) bond motifs is 1. The standard InChI is InChI=1S/C15H14Cl2N4/c1-9-11-6-10(8-19-15(11)21(2)20-9)7-18-14-12(16)4-3-5-13(14)17/h3-6,8,18H,7H2,1-2H3. The number of aryl methyl sites for hydroxylation is 2. The van der Waals surface area contributed by atoms with Gasteiger partial charge in [0.25, 0.3) is 0 Å². The second-order valence-electron chi connectivity index (χ2n) is 4.87. The minimum Gasteiger partial charge on any atom is -0.378 e. The van der Waals surface area contributed by atoms with E-state index in [0.717, 1.165) is 28.0 Å². The van der Waals surface area contributed by atoms with E-state index in [9.17, 15) is 0 Å². The molecule has 0 saturated carbocycles. The van der Waals surface area contributed by atoms with Gasteiger partial charge in [0.2, 0.25) is 0 Å². The minimum atomic E-state index is 0.598. The van der Waals surface area contributed by atoms with E-state index in [2.05, 4.69) is 21.5 Å². The molecule has 0 aliphatic carbocycles. The van der Waals surface area contributed by atoms with Crippen molar-refractivity contribution in [1.29, 1.82) is 0 Å². The Morgan fingerprint density at radius 2 is 1.95 bits per heavy atom. The van der Waals surface area contributed by atoms with Gasteiger partial charge in [-0.05, 0) is 30.7 Å². The number of nitrogens with zero attached hydrogens (tertiary/aromatic N) is 3. The molecular formula is C15H14Cl2N4. The average Bonchev–Trinajstić information content (AvgIpc) is 2.73. The number of nitrogens with one attached hydrogen (secondary N) is 1. The second-order valence-corrected chi connectivity index (χ2v) is 5.69. The number of benzene rings is 1. The predicted molar refractivity (Wildman–Crippen MR) is 87.0 cm³/mol. The molecule has 21 heavy (non-hydrogen) atoms. The lowest BCUT2D eigenvalue weighted by molar-refractivity contribution is 0.773. The van der Waals surface area contributed by atoms with Crippen molar-refractivity contribution in [3.8, 4) is 0 Å². The van der Waals surface area contributed by atoms with Gasteiger partial charge in [-0.15, -0.1) is 0 Å². The van der Waals surface area contributed by atoms with Gasteiger partial charge in [-0.3, -0.25) is 4.68 Å². The minimum absolute atomic E-state index is 0.598. The molecule has 0 unspecified atom stereocenters. The number of aromatic nitrogens is 3. The molecule has 0 aliphatic heterocycles. The molecule has 0 aliphatic rings. The summed E-state index contributed by atoms with van der Waals surface area (Å²) >= 11 is 12.3. The van der Waals surface area contributed by atoms with Crippen molar-refractivity contribution in [2.75, 3.05) is 5.32 Å². The highest BCUT2D eigenvalue weighted by atomic mass is 35.5. The molecule has 0 radical (unpaired) electrons. The Labute approximate surface area is 132 Å². The van der Waals surface area contributed by atoms with Crippen LogP contribution in [0.1, 0.15) is 11.3 Å². The van der Waals surface area contributed by atoms with Crippen LogP contribution in [0.4, 0.5) is 5.69 Å². The topological polar surface area (TPSA) is 42.7 Å². The number of hydrogen-bond donors (Lipinski definition) is 1. The zero-order valence-corrected chi connectivity index (χ0v) is 13.2. The van der Waals surface area contributed by atoms with Crippen LogP contribution in [0.15, 0.2) is 30.5 Å². The summed E-state index contributed by atoms with van der Waals surface area (Å²) in [5.41, 5.74) is 3.64. The maximum absolute atomic E-state index is 6.14. The molecule has 3 rings (SSSR count). The van der Waals surface area contributed by atoms with Crippen LogP contribution in [0.5, 0.6) is 0 Å². The predicted octanol–water partition coefficient (Wildman–Crippen LogP) is 4.20. The van der Waals surface area contributed by atoms with E-state index < -0.39 is 0 Å². The molecule has 0 spiro atoms. The number of anilines is 1. The van der Waals surface area contributed by atoms with Crippen LogP contribution >= 0.6 is 23.2 Å². The van der Waals surface area contributed by atoms with E-state index in [1.54, 1.807) is 4.68 Å². The molecule has 2 aromatic heterocycles. The van der Waals surface area contributed by atoms with Crippen LogP contribution < -0.4 is 5.32 Å². The van der Waals surface area contributed by atoms with Crippen molar-refractivity contribution < 1.29 is 0 Å². The molecular weight excluding hydrogens is 307 g/mol. The molecule has 108 valence electrons. The zero-order chi connectivity index (χ0) is 15.0. The fourth-order valence-corrected chi connectivity index (χ4v) is 2.84. The van der Waals surface area contributed by atoms with Gasteiger partial charge in [-0.1, -0.05) is 29.3 Å². The van der Waals surface area contributed by atoms with Crippen molar-refractivity contribution in [1.82, 2.24) is 14.8 Å². The number of rotatable bonds is 3. The number of pyridine rings is 1. The number of para-hydroxylation sites is 1. The zero-order valence-electron chi connectivity index (χ0n) is 11.7. The molecule has 0 bridgehead atoms. The number of hydrogen-bond acceptors (Lipinski definition) is 3. The monoisotopic (exact) mass is 320 g/mol. The van der Waals surface area contributed by atoms with Crippen LogP contribution in [0, 0.1) is 6.92 Å². The van der Waals surface area contributed by atoms with Gasteiger partial charge >= 0.3 is 0 Å². The van der Waals surface area contributed by atoms with Gasteiger partial charge in [-0.2, -0.15) is 5.10 Å². The molecule has 4 nitrogen and oxygen atoms in total. The smallest absolute Gasteiger partial charge is 0.157 e. The molecule has 0 fully saturated rings. The largest absolute Gasteiger partial charge is 0.378 e. The Morgan fingerprint density at radius 1 is 1.24 bits per heavy atom. The van der Waals surface area contributed by atoms with E-state index in [4.69, 9.17) is 23.2 Å². The Bertz CT molecular complexity index is 791. The second kappa shape index (κ2) is 5.54. The molecule has 2 heterocycles. The quantitative estimate of drug-likeness (QED) is 0.786. The Morgan fingerprint density at radius 3 is 2.67 bits per heavy atom. The summed E-state index contributed by atoms with van der Waals surface area (Å²) in [5.74, 6) is 0. The third kappa shape index (κ3) is 2.69. The van der Waals surface area contributed by atoms with Gasteiger partial charge in [0.05, 0.1) is 21.4 Å². The summed E-state index contributed by atoms with van der Waals surface area (Å²) in [6.07, 6.45) is 1.83. The molecule has 0 atom stereocenters. The Balaban J connectivity index is 1.87. The van der Waals surface area contributed by atoms with Gasteiger partial charge in [0, 0.05) is 25.2 Å². The molecule has 3 aromatic rings. The SMILES string of the molecule is Cc1nn(C)c2ncc(CNc3c(Cl)cccc3Cl)cc12.